The number of carbonyl (C=O) groups is 1. The monoisotopic (exact) mass is 335 g/mol. The summed E-state index contributed by atoms with van der Waals surface area (Å²) in [6, 6.07) is 7.84. The van der Waals surface area contributed by atoms with Crippen molar-refractivity contribution < 1.29 is 13.2 Å². The normalized spacial score (nSPS) is 12.9. The Hall–Kier alpha value is -2.15. The molecular formula is C16H21N3O3S. The van der Waals surface area contributed by atoms with Crippen molar-refractivity contribution in [3.05, 3.63) is 47.3 Å². The number of rotatable bonds is 5. The first-order valence-electron chi connectivity index (χ1n) is 7.30. The highest BCUT2D eigenvalue weighted by Crippen LogP contribution is 2.13. The van der Waals surface area contributed by atoms with E-state index in [1.807, 2.05) is 6.92 Å². The lowest BCUT2D eigenvalue weighted by Crippen LogP contribution is -2.38. The number of sulfone groups is 1. The Morgan fingerprint density at radius 3 is 2.39 bits per heavy atom. The summed E-state index contributed by atoms with van der Waals surface area (Å²) in [5, 5.41) is 6.82. The van der Waals surface area contributed by atoms with E-state index in [0.29, 0.717) is 5.69 Å². The average Bonchev–Trinajstić information content (AvgIpc) is 2.77. The van der Waals surface area contributed by atoms with Crippen molar-refractivity contribution in [1.29, 1.82) is 0 Å². The van der Waals surface area contributed by atoms with Crippen molar-refractivity contribution in [2.24, 2.45) is 7.05 Å². The zero-order valence-corrected chi connectivity index (χ0v) is 14.5. The highest BCUT2D eigenvalue weighted by Gasteiger charge is 2.21. The summed E-state index contributed by atoms with van der Waals surface area (Å²) in [7, 11) is -1.77. The number of hydrogen-bond donors (Lipinski definition) is 1. The maximum atomic E-state index is 12.4. The number of aromatic nitrogens is 2. The minimum Gasteiger partial charge on any atom is -0.347 e. The van der Waals surface area contributed by atoms with Crippen LogP contribution in [0, 0.1) is 13.8 Å². The van der Waals surface area contributed by atoms with Gasteiger partial charge < -0.3 is 5.32 Å². The van der Waals surface area contributed by atoms with Crippen molar-refractivity contribution in [3.8, 4) is 0 Å². The number of aryl methyl sites for hydroxylation is 3. The van der Waals surface area contributed by atoms with E-state index in [2.05, 4.69) is 10.4 Å². The number of benzene rings is 1. The van der Waals surface area contributed by atoms with Crippen LogP contribution in [-0.2, 0) is 16.9 Å². The van der Waals surface area contributed by atoms with Gasteiger partial charge in [-0.1, -0.05) is 17.7 Å². The zero-order chi connectivity index (χ0) is 17.2. The van der Waals surface area contributed by atoms with Crippen LogP contribution < -0.4 is 5.32 Å². The third-order valence-electron chi connectivity index (χ3n) is 3.46. The average molecular weight is 335 g/mol. The quantitative estimate of drug-likeness (QED) is 0.900. The van der Waals surface area contributed by atoms with E-state index in [9.17, 15) is 13.2 Å². The Labute approximate surface area is 136 Å². The molecule has 1 aromatic carbocycles. The third kappa shape index (κ3) is 4.19. The second-order valence-electron chi connectivity index (χ2n) is 5.76. The molecule has 0 saturated heterocycles. The predicted octanol–water partition coefficient (Wildman–Crippen LogP) is 1.63. The van der Waals surface area contributed by atoms with Crippen LogP contribution in [0.2, 0.25) is 0 Å². The molecular weight excluding hydrogens is 314 g/mol. The van der Waals surface area contributed by atoms with Gasteiger partial charge >= 0.3 is 0 Å². The first kappa shape index (κ1) is 17.2. The van der Waals surface area contributed by atoms with E-state index in [1.165, 1.54) is 4.68 Å². The first-order valence-corrected chi connectivity index (χ1v) is 8.95. The van der Waals surface area contributed by atoms with Crippen LogP contribution in [0.4, 0.5) is 0 Å². The van der Waals surface area contributed by atoms with Gasteiger partial charge in [0.05, 0.1) is 16.3 Å². The van der Waals surface area contributed by atoms with Gasteiger partial charge in [0.1, 0.15) is 5.69 Å². The Morgan fingerprint density at radius 2 is 1.87 bits per heavy atom. The molecule has 7 heteroatoms. The Bertz CT molecular complexity index is 808. The second kappa shape index (κ2) is 6.54. The SMILES string of the molecule is Cc1ccc(S(=O)(=O)C[C@@H](C)NC(=O)c2cc(C)nn2C)cc1. The molecule has 1 atom stereocenters. The lowest BCUT2D eigenvalue weighted by atomic mass is 10.2. The van der Waals surface area contributed by atoms with Crippen LogP contribution >= 0.6 is 0 Å². The minimum absolute atomic E-state index is 0.154. The fraction of sp³-hybridized carbons (Fsp3) is 0.375. The van der Waals surface area contributed by atoms with Crippen LogP contribution in [0.3, 0.4) is 0 Å². The number of nitrogens with zero attached hydrogens (tertiary/aromatic N) is 2. The van der Waals surface area contributed by atoms with Crippen molar-refractivity contribution in [1.82, 2.24) is 15.1 Å². The molecule has 1 aromatic heterocycles. The summed E-state index contributed by atoms with van der Waals surface area (Å²) in [4.78, 5) is 12.5. The number of hydrogen-bond acceptors (Lipinski definition) is 4. The van der Waals surface area contributed by atoms with E-state index in [1.54, 1.807) is 51.2 Å². The second-order valence-corrected chi connectivity index (χ2v) is 7.80. The maximum Gasteiger partial charge on any atom is 0.269 e. The van der Waals surface area contributed by atoms with Gasteiger partial charge in [0, 0.05) is 13.1 Å². The molecule has 1 heterocycles. The molecule has 1 N–H and O–H groups in total. The summed E-state index contributed by atoms with van der Waals surface area (Å²) >= 11 is 0. The molecule has 0 unspecified atom stereocenters. The van der Waals surface area contributed by atoms with Gasteiger partial charge in [-0.05, 0) is 39.0 Å². The molecule has 6 nitrogen and oxygen atoms in total. The van der Waals surface area contributed by atoms with Gasteiger partial charge in [0.25, 0.3) is 5.91 Å². The van der Waals surface area contributed by atoms with Gasteiger partial charge in [-0.2, -0.15) is 5.10 Å². The fourth-order valence-corrected chi connectivity index (χ4v) is 3.82. The molecule has 0 aliphatic rings. The smallest absolute Gasteiger partial charge is 0.269 e. The highest BCUT2D eigenvalue weighted by atomic mass is 32.2. The van der Waals surface area contributed by atoms with E-state index in [0.717, 1.165) is 11.3 Å². The van der Waals surface area contributed by atoms with E-state index in [-0.39, 0.29) is 16.6 Å². The van der Waals surface area contributed by atoms with Crippen LogP contribution in [0.5, 0.6) is 0 Å². The predicted molar refractivity (Wildman–Crippen MR) is 88.1 cm³/mol. The highest BCUT2D eigenvalue weighted by molar-refractivity contribution is 7.91. The van der Waals surface area contributed by atoms with Gasteiger partial charge in [0.15, 0.2) is 9.84 Å². The molecule has 0 spiro atoms. The van der Waals surface area contributed by atoms with Crippen LogP contribution in [0.15, 0.2) is 35.2 Å². The van der Waals surface area contributed by atoms with Gasteiger partial charge in [-0.25, -0.2) is 8.42 Å². The van der Waals surface area contributed by atoms with E-state index < -0.39 is 15.9 Å². The minimum atomic E-state index is -3.45. The van der Waals surface area contributed by atoms with E-state index in [4.69, 9.17) is 0 Å². The van der Waals surface area contributed by atoms with E-state index >= 15 is 0 Å². The molecule has 2 aromatic rings. The molecule has 0 aliphatic carbocycles. The van der Waals surface area contributed by atoms with Gasteiger partial charge in [-0.15, -0.1) is 0 Å². The molecule has 0 bridgehead atoms. The summed E-state index contributed by atoms with van der Waals surface area (Å²) < 4.78 is 26.2. The lowest BCUT2D eigenvalue weighted by molar-refractivity contribution is 0.0934. The molecule has 0 radical (unpaired) electrons. The summed E-state index contributed by atoms with van der Waals surface area (Å²) in [5.41, 5.74) is 2.14. The zero-order valence-electron chi connectivity index (χ0n) is 13.7. The largest absolute Gasteiger partial charge is 0.347 e. The van der Waals surface area contributed by atoms with Crippen molar-refractivity contribution in [2.45, 2.75) is 31.7 Å². The van der Waals surface area contributed by atoms with Crippen molar-refractivity contribution in [2.75, 3.05) is 5.75 Å². The molecule has 23 heavy (non-hydrogen) atoms. The van der Waals surface area contributed by atoms with Crippen molar-refractivity contribution >= 4 is 15.7 Å². The van der Waals surface area contributed by atoms with Crippen LogP contribution in [0.1, 0.15) is 28.7 Å². The van der Waals surface area contributed by atoms with Crippen molar-refractivity contribution in [3.63, 3.8) is 0 Å². The molecule has 2 rings (SSSR count). The summed E-state index contributed by atoms with van der Waals surface area (Å²) in [5.74, 6) is -0.488. The lowest BCUT2D eigenvalue weighted by Gasteiger charge is -2.14. The third-order valence-corrected chi connectivity index (χ3v) is 5.39. The number of amides is 1. The summed E-state index contributed by atoms with van der Waals surface area (Å²) in [6.45, 7) is 5.37. The summed E-state index contributed by atoms with van der Waals surface area (Å²) in [6.07, 6.45) is 0. The van der Waals surface area contributed by atoms with Crippen LogP contribution in [0.25, 0.3) is 0 Å². The van der Waals surface area contributed by atoms with Crippen LogP contribution in [-0.4, -0.2) is 35.9 Å². The Balaban J connectivity index is 2.06. The maximum absolute atomic E-state index is 12.4. The van der Waals surface area contributed by atoms with Gasteiger partial charge in [0.2, 0.25) is 0 Å². The molecule has 0 fully saturated rings. The molecule has 124 valence electrons. The van der Waals surface area contributed by atoms with Gasteiger partial charge in [-0.3, -0.25) is 9.48 Å². The molecule has 1 amide bonds. The standard InChI is InChI=1S/C16H21N3O3S/c1-11-5-7-14(8-6-11)23(21,22)10-13(3)17-16(20)15-9-12(2)18-19(15)4/h5-9,13H,10H2,1-4H3,(H,17,20)/t13-/m1/s1. The number of carbonyl (C=O) groups excluding carboxylic acids is 1. The Kier molecular flexibility index (Phi) is 4.89. The molecule has 0 aliphatic heterocycles. The topological polar surface area (TPSA) is 81.1 Å². The fourth-order valence-electron chi connectivity index (χ4n) is 2.33. The first-order chi connectivity index (χ1) is 10.7. The number of nitrogens with one attached hydrogen (secondary N) is 1. The Morgan fingerprint density at radius 1 is 1.26 bits per heavy atom. The molecule has 0 saturated carbocycles.